The molecule has 5 heteroatoms. The largest absolute Gasteiger partial charge is 0.423 e. The molecule has 1 saturated heterocycles. The third-order valence-corrected chi connectivity index (χ3v) is 2.51. The Hall–Kier alpha value is -0.940. The van der Waals surface area contributed by atoms with Gasteiger partial charge in [-0.15, -0.1) is 10.2 Å². The van der Waals surface area contributed by atoms with Crippen LogP contribution < -0.4 is 5.32 Å². The van der Waals surface area contributed by atoms with Gasteiger partial charge in [-0.2, -0.15) is 0 Å². The summed E-state index contributed by atoms with van der Waals surface area (Å²) in [6.45, 7) is 4.44. The van der Waals surface area contributed by atoms with E-state index in [9.17, 15) is 0 Å². The second-order valence-corrected chi connectivity index (χ2v) is 3.72. The average molecular weight is 211 g/mol. The SMILES string of the molecule is CCc1nnc(CO[C@H]2CCCNC2)o1. The summed E-state index contributed by atoms with van der Waals surface area (Å²) in [5.74, 6) is 1.26. The monoisotopic (exact) mass is 211 g/mol. The standard InChI is InChI=1S/C10H17N3O2/c1-2-9-12-13-10(15-9)7-14-8-4-3-5-11-6-8/h8,11H,2-7H2,1H3/t8-/m0/s1. The van der Waals surface area contributed by atoms with Crippen molar-refractivity contribution in [2.75, 3.05) is 13.1 Å². The van der Waals surface area contributed by atoms with Crippen molar-refractivity contribution in [1.29, 1.82) is 0 Å². The highest BCUT2D eigenvalue weighted by atomic mass is 16.5. The lowest BCUT2D eigenvalue weighted by Gasteiger charge is -2.22. The molecule has 1 aliphatic rings. The van der Waals surface area contributed by atoms with E-state index in [-0.39, 0.29) is 6.10 Å². The molecular weight excluding hydrogens is 194 g/mol. The predicted molar refractivity (Wildman–Crippen MR) is 54.4 cm³/mol. The molecule has 1 aliphatic heterocycles. The van der Waals surface area contributed by atoms with Gasteiger partial charge in [-0.05, 0) is 19.4 Å². The van der Waals surface area contributed by atoms with E-state index in [1.807, 2.05) is 6.92 Å². The summed E-state index contributed by atoms with van der Waals surface area (Å²) in [6, 6.07) is 0. The van der Waals surface area contributed by atoms with Crippen LogP contribution in [0.5, 0.6) is 0 Å². The molecule has 1 N–H and O–H groups in total. The lowest BCUT2D eigenvalue weighted by molar-refractivity contribution is 0.0142. The van der Waals surface area contributed by atoms with Gasteiger partial charge in [0.05, 0.1) is 6.10 Å². The highest BCUT2D eigenvalue weighted by Crippen LogP contribution is 2.09. The molecule has 0 aromatic carbocycles. The number of nitrogens with one attached hydrogen (secondary N) is 1. The van der Waals surface area contributed by atoms with Crippen molar-refractivity contribution in [2.24, 2.45) is 0 Å². The minimum absolute atomic E-state index is 0.288. The quantitative estimate of drug-likeness (QED) is 0.801. The second-order valence-electron chi connectivity index (χ2n) is 3.72. The van der Waals surface area contributed by atoms with Gasteiger partial charge in [-0.25, -0.2) is 0 Å². The maximum absolute atomic E-state index is 5.67. The molecule has 0 spiro atoms. The molecule has 2 heterocycles. The Morgan fingerprint density at radius 1 is 1.47 bits per heavy atom. The lowest BCUT2D eigenvalue weighted by Crippen LogP contribution is -2.35. The first-order valence-electron chi connectivity index (χ1n) is 5.52. The van der Waals surface area contributed by atoms with Crippen molar-refractivity contribution in [2.45, 2.75) is 38.9 Å². The number of aryl methyl sites for hydroxylation is 1. The van der Waals surface area contributed by atoms with Crippen molar-refractivity contribution in [1.82, 2.24) is 15.5 Å². The molecule has 1 fully saturated rings. The van der Waals surface area contributed by atoms with E-state index in [2.05, 4.69) is 15.5 Å². The zero-order valence-electron chi connectivity index (χ0n) is 9.03. The maximum Gasteiger partial charge on any atom is 0.242 e. The van der Waals surface area contributed by atoms with Gasteiger partial charge < -0.3 is 14.5 Å². The smallest absolute Gasteiger partial charge is 0.242 e. The first-order chi connectivity index (χ1) is 7.38. The van der Waals surface area contributed by atoms with Crippen LogP contribution in [0.4, 0.5) is 0 Å². The number of piperidine rings is 1. The van der Waals surface area contributed by atoms with Crippen LogP contribution in [-0.4, -0.2) is 29.4 Å². The predicted octanol–water partition coefficient (Wildman–Crippen LogP) is 0.901. The number of hydrogen-bond donors (Lipinski definition) is 1. The van der Waals surface area contributed by atoms with Crippen LogP contribution in [0.3, 0.4) is 0 Å². The Labute approximate surface area is 89.2 Å². The van der Waals surface area contributed by atoms with E-state index < -0.39 is 0 Å². The summed E-state index contributed by atoms with van der Waals surface area (Å²) in [4.78, 5) is 0. The van der Waals surface area contributed by atoms with E-state index in [0.717, 1.165) is 25.9 Å². The minimum Gasteiger partial charge on any atom is -0.423 e. The van der Waals surface area contributed by atoms with Crippen LogP contribution in [0.2, 0.25) is 0 Å². The molecule has 15 heavy (non-hydrogen) atoms. The van der Waals surface area contributed by atoms with Gasteiger partial charge in [0.2, 0.25) is 11.8 Å². The number of ether oxygens (including phenoxy) is 1. The fourth-order valence-corrected chi connectivity index (χ4v) is 1.64. The number of nitrogens with zero attached hydrogens (tertiary/aromatic N) is 2. The number of rotatable bonds is 4. The first-order valence-corrected chi connectivity index (χ1v) is 5.52. The zero-order valence-corrected chi connectivity index (χ0v) is 9.03. The van der Waals surface area contributed by atoms with Crippen molar-refractivity contribution in [3.8, 4) is 0 Å². The fraction of sp³-hybridized carbons (Fsp3) is 0.800. The Balaban J connectivity index is 1.76. The summed E-state index contributed by atoms with van der Waals surface area (Å²) in [7, 11) is 0. The maximum atomic E-state index is 5.67. The molecule has 0 saturated carbocycles. The molecule has 0 amide bonds. The van der Waals surface area contributed by atoms with Crippen LogP contribution >= 0.6 is 0 Å². The molecule has 1 aromatic heterocycles. The molecule has 2 rings (SSSR count). The Kier molecular flexibility index (Phi) is 3.69. The van der Waals surface area contributed by atoms with Crippen LogP contribution in [0.15, 0.2) is 4.42 Å². The molecule has 1 aromatic rings. The van der Waals surface area contributed by atoms with Crippen LogP contribution in [0.25, 0.3) is 0 Å². The third-order valence-electron chi connectivity index (χ3n) is 2.51. The van der Waals surface area contributed by atoms with E-state index >= 15 is 0 Å². The van der Waals surface area contributed by atoms with Crippen molar-refractivity contribution in [3.05, 3.63) is 11.8 Å². The molecule has 0 radical (unpaired) electrons. The van der Waals surface area contributed by atoms with Crippen LogP contribution in [0, 0.1) is 0 Å². The van der Waals surface area contributed by atoms with Gasteiger partial charge in [-0.1, -0.05) is 6.92 Å². The summed E-state index contributed by atoms with van der Waals surface area (Å²) in [5.41, 5.74) is 0. The van der Waals surface area contributed by atoms with Crippen LogP contribution in [-0.2, 0) is 17.8 Å². The van der Waals surface area contributed by atoms with E-state index in [4.69, 9.17) is 9.15 Å². The summed E-state index contributed by atoms with van der Waals surface area (Å²) in [5, 5.41) is 11.1. The van der Waals surface area contributed by atoms with Crippen molar-refractivity contribution in [3.63, 3.8) is 0 Å². The van der Waals surface area contributed by atoms with Crippen LogP contribution in [0.1, 0.15) is 31.5 Å². The number of hydrogen-bond acceptors (Lipinski definition) is 5. The highest BCUT2D eigenvalue weighted by molar-refractivity contribution is 4.79. The Morgan fingerprint density at radius 2 is 2.33 bits per heavy atom. The minimum atomic E-state index is 0.288. The van der Waals surface area contributed by atoms with Gasteiger partial charge >= 0.3 is 0 Å². The summed E-state index contributed by atoms with van der Waals surface area (Å²) >= 11 is 0. The van der Waals surface area contributed by atoms with Crippen molar-refractivity contribution >= 4 is 0 Å². The normalized spacial score (nSPS) is 21.8. The molecule has 0 aliphatic carbocycles. The summed E-state index contributed by atoms with van der Waals surface area (Å²) < 4.78 is 11.0. The molecule has 5 nitrogen and oxygen atoms in total. The Morgan fingerprint density at radius 3 is 3.00 bits per heavy atom. The lowest BCUT2D eigenvalue weighted by atomic mass is 10.1. The van der Waals surface area contributed by atoms with Crippen molar-refractivity contribution < 1.29 is 9.15 Å². The molecular formula is C10H17N3O2. The van der Waals surface area contributed by atoms with Gasteiger partial charge in [0.25, 0.3) is 0 Å². The number of aromatic nitrogens is 2. The Bertz CT molecular complexity index is 295. The average Bonchev–Trinajstić information content (AvgIpc) is 2.76. The molecule has 84 valence electrons. The molecule has 0 bridgehead atoms. The van der Waals surface area contributed by atoms with Gasteiger partial charge in [-0.3, -0.25) is 0 Å². The van der Waals surface area contributed by atoms with Gasteiger partial charge in [0.15, 0.2) is 0 Å². The van der Waals surface area contributed by atoms with E-state index in [0.29, 0.717) is 18.4 Å². The summed E-state index contributed by atoms with van der Waals surface area (Å²) in [6.07, 6.45) is 3.35. The second kappa shape index (κ2) is 5.23. The topological polar surface area (TPSA) is 60.2 Å². The van der Waals surface area contributed by atoms with Gasteiger partial charge in [0.1, 0.15) is 6.61 Å². The highest BCUT2D eigenvalue weighted by Gasteiger charge is 2.14. The van der Waals surface area contributed by atoms with Gasteiger partial charge in [0, 0.05) is 13.0 Å². The first kappa shape index (κ1) is 10.6. The molecule has 1 atom stereocenters. The fourth-order valence-electron chi connectivity index (χ4n) is 1.64. The third kappa shape index (κ3) is 3.00. The van der Waals surface area contributed by atoms with E-state index in [1.54, 1.807) is 0 Å². The molecule has 0 unspecified atom stereocenters. The zero-order chi connectivity index (χ0) is 10.5. The van der Waals surface area contributed by atoms with E-state index in [1.165, 1.54) is 6.42 Å².